The van der Waals surface area contributed by atoms with Crippen molar-refractivity contribution in [3.05, 3.63) is 17.0 Å². The number of hydrogen-bond donors (Lipinski definition) is 0. The second-order valence-electron chi connectivity index (χ2n) is 4.30. The quantitative estimate of drug-likeness (QED) is 0.767. The van der Waals surface area contributed by atoms with Crippen LogP contribution in [0.15, 0.2) is 16.3 Å². The van der Waals surface area contributed by atoms with E-state index < -0.39 is 20.0 Å². The van der Waals surface area contributed by atoms with Crippen molar-refractivity contribution in [2.75, 3.05) is 32.4 Å². The molecule has 0 radical (unpaired) electrons. The topological polar surface area (TPSA) is 98.6 Å². The monoisotopic (exact) mass is 335 g/mol. The lowest BCUT2D eigenvalue weighted by Gasteiger charge is -2.32. The summed E-state index contributed by atoms with van der Waals surface area (Å²) in [6.45, 7) is 0.535. The maximum atomic E-state index is 12.3. The summed E-state index contributed by atoms with van der Waals surface area (Å²) in [6.07, 6.45) is 1.11. The molecule has 10 heteroatoms. The molecule has 7 nitrogen and oxygen atoms in total. The third kappa shape index (κ3) is 3.02. The van der Waals surface area contributed by atoms with Crippen molar-refractivity contribution < 1.29 is 16.8 Å². The fraction of sp³-hybridized carbons (Fsp3) is 0.500. The molecule has 0 spiro atoms. The Morgan fingerprint density at radius 3 is 2.10 bits per heavy atom. The summed E-state index contributed by atoms with van der Waals surface area (Å²) in [6, 6.07) is 4.76. The van der Waals surface area contributed by atoms with Gasteiger partial charge in [-0.2, -0.15) is 13.9 Å². The molecule has 1 aliphatic rings. The number of nitrogens with zero attached hydrogens (tertiary/aromatic N) is 3. The predicted octanol–water partition coefficient (Wildman–Crippen LogP) is -0.114. The Kier molecular flexibility index (Phi) is 4.17. The first-order valence-corrected chi connectivity index (χ1v) is 9.81. The van der Waals surface area contributed by atoms with E-state index in [0.717, 1.165) is 17.6 Å². The Bertz CT molecular complexity index is 737. The molecule has 2 heterocycles. The Hall–Kier alpha value is -0.990. The minimum absolute atomic E-state index is 0.113. The molecule has 1 aromatic rings. The van der Waals surface area contributed by atoms with Crippen molar-refractivity contribution in [1.82, 2.24) is 8.61 Å². The zero-order valence-corrected chi connectivity index (χ0v) is 13.1. The molecule has 1 aliphatic heterocycles. The molecule has 1 fully saturated rings. The van der Waals surface area contributed by atoms with Gasteiger partial charge in [-0.1, -0.05) is 0 Å². The van der Waals surface area contributed by atoms with Crippen molar-refractivity contribution in [2.45, 2.75) is 4.21 Å². The van der Waals surface area contributed by atoms with Gasteiger partial charge in [-0.05, 0) is 12.1 Å². The summed E-state index contributed by atoms with van der Waals surface area (Å²) in [7, 11) is -6.93. The highest BCUT2D eigenvalue weighted by Gasteiger charge is 2.32. The van der Waals surface area contributed by atoms with E-state index in [2.05, 4.69) is 0 Å². The van der Waals surface area contributed by atoms with E-state index in [-0.39, 0.29) is 30.4 Å². The lowest BCUT2D eigenvalue weighted by atomic mass is 10.4. The fourth-order valence-corrected chi connectivity index (χ4v) is 5.39. The van der Waals surface area contributed by atoms with E-state index >= 15 is 0 Å². The van der Waals surface area contributed by atoms with Crippen molar-refractivity contribution >= 4 is 31.4 Å². The molecule has 0 atom stereocenters. The third-order valence-electron chi connectivity index (χ3n) is 2.95. The molecule has 0 N–H and O–H groups in total. The van der Waals surface area contributed by atoms with Crippen molar-refractivity contribution in [3.8, 4) is 6.07 Å². The predicted molar refractivity (Wildman–Crippen MR) is 74.2 cm³/mol. The van der Waals surface area contributed by atoms with Crippen LogP contribution in [0, 0.1) is 11.3 Å². The molecule has 0 unspecified atom stereocenters. The van der Waals surface area contributed by atoms with Gasteiger partial charge < -0.3 is 0 Å². The van der Waals surface area contributed by atoms with Gasteiger partial charge in [-0.15, -0.1) is 11.3 Å². The van der Waals surface area contributed by atoms with Gasteiger partial charge in [-0.3, -0.25) is 0 Å². The number of sulfonamides is 2. The Labute approximate surface area is 122 Å². The van der Waals surface area contributed by atoms with Gasteiger partial charge in [0.1, 0.15) is 15.2 Å². The average molecular weight is 335 g/mol. The largest absolute Gasteiger partial charge is 0.252 e. The second kappa shape index (κ2) is 5.42. The lowest BCUT2D eigenvalue weighted by molar-refractivity contribution is 0.274. The van der Waals surface area contributed by atoms with Gasteiger partial charge >= 0.3 is 0 Å². The standard InChI is InChI=1S/C10H13N3O4S3/c1-19(14,15)12-4-6-13(7-5-12)20(16,17)10-3-2-9(8-11)18-10/h2-3H,4-7H2,1H3. The number of rotatable bonds is 3. The summed E-state index contributed by atoms with van der Waals surface area (Å²) < 4.78 is 50.0. The highest BCUT2D eigenvalue weighted by Crippen LogP contribution is 2.25. The van der Waals surface area contributed by atoms with E-state index in [0.29, 0.717) is 4.88 Å². The van der Waals surface area contributed by atoms with E-state index in [4.69, 9.17) is 5.26 Å². The van der Waals surface area contributed by atoms with Gasteiger partial charge in [0.2, 0.25) is 10.0 Å². The molecule has 0 saturated carbocycles. The molecular formula is C10H13N3O4S3. The molecule has 0 bridgehead atoms. The number of nitriles is 1. The molecule has 110 valence electrons. The summed E-state index contributed by atoms with van der Waals surface area (Å²) in [5.41, 5.74) is 0. The minimum atomic E-state index is -3.64. The average Bonchev–Trinajstić information content (AvgIpc) is 2.87. The van der Waals surface area contributed by atoms with Crippen LogP contribution >= 0.6 is 11.3 Å². The second-order valence-corrected chi connectivity index (χ2v) is 9.53. The van der Waals surface area contributed by atoms with Gasteiger partial charge in [0.25, 0.3) is 10.0 Å². The molecule has 1 saturated heterocycles. The van der Waals surface area contributed by atoms with Crippen LogP contribution in [0.2, 0.25) is 0 Å². The van der Waals surface area contributed by atoms with Gasteiger partial charge in [0, 0.05) is 26.2 Å². The molecule has 20 heavy (non-hydrogen) atoms. The lowest BCUT2D eigenvalue weighted by Crippen LogP contribution is -2.50. The molecule has 0 amide bonds. The Morgan fingerprint density at radius 2 is 1.65 bits per heavy atom. The van der Waals surface area contributed by atoms with E-state index in [1.807, 2.05) is 6.07 Å². The number of piperazine rings is 1. The molecule has 0 aliphatic carbocycles. The summed E-state index contributed by atoms with van der Waals surface area (Å²) >= 11 is 0.917. The van der Waals surface area contributed by atoms with Crippen molar-refractivity contribution in [3.63, 3.8) is 0 Å². The molecule has 1 aromatic heterocycles. The van der Waals surface area contributed by atoms with E-state index in [1.54, 1.807) is 0 Å². The number of hydrogen-bond acceptors (Lipinski definition) is 6. The Morgan fingerprint density at radius 1 is 1.10 bits per heavy atom. The first-order valence-electron chi connectivity index (χ1n) is 5.70. The fourth-order valence-electron chi connectivity index (χ4n) is 1.89. The van der Waals surface area contributed by atoms with Crippen LogP contribution in [0.5, 0.6) is 0 Å². The van der Waals surface area contributed by atoms with Crippen LogP contribution in [-0.4, -0.2) is 57.9 Å². The zero-order chi connectivity index (χ0) is 15.0. The molecule has 0 aromatic carbocycles. The highest BCUT2D eigenvalue weighted by atomic mass is 32.2. The first kappa shape index (κ1) is 15.4. The van der Waals surface area contributed by atoms with E-state index in [1.165, 1.54) is 20.7 Å². The molecule has 2 rings (SSSR count). The van der Waals surface area contributed by atoms with Crippen LogP contribution in [0.3, 0.4) is 0 Å². The Balaban J connectivity index is 2.16. The maximum absolute atomic E-state index is 12.3. The summed E-state index contributed by atoms with van der Waals surface area (Å²) in [4.78, 5) is 0.332. The van der Waals surface area contributed by atoms with Crippen molar-refractivity contribution in [1.29, 1.82) is 5.26 Å². The zero-order valence-electron chi connectivity index (χ0n) is 10.7. The van der Waals surface area contributed by atoms with Gasteiger partial charge in [0.15, 0.2) is 0 Å². The van der Waals surface area contributed by atoms with Gasteiger partial charge in [-0.25, -0.2) is 16.8 Å². The first-order chi connectivity index (χ1) is 9.25. The summed E-state index contributed by atoms with van der Waals surface area (Å²) in [5.74, 6) is 0. The number of thiophene rings is 1. The van der Waals surface area contributed by atoms with Crippen LogP contribution in [0.25, 0.3) is 0 Å². The van der Waals surface area contributed by atoms with Crippen LogP contribution in [-0.2, 0) is 20.0 Å². The van der Waals surface area contributed by atoms with Crippen LogP contribution in [0.1, 0.15) is 4.88 Å². The summed E-state index contributed by atoms with van der Waals surface area (Å²) in [5, 5.41) is 8.73. The normalized spacial score (nSPS) is 18.8. The van der Waals surface area contributed by atoms with Crippen LogP contribution < -0.4 is 0 Å². The van der Waals surface area contributed by atoms with Crippen molar-refractivity contribution in [2.24, 2.45) is 0 Å². The van der Waals surface area contributed by atoms with Crippen LogP contribution in [0.4, 0.5) is 0 Å². The smallest absolute Gasteiger partial charge is 0.213 e. The highest BCUT2D eigenvalue weighted by molar-refractivity contribution is 7.91. The third-order valence-corrected chi connectivity index (χ3v) is 7.61. The minimum Gasteiger partial charge on any atom is -0.213 e. The SMILES string of the molecule is CS(=O)(=O)N1CCN(S(=O)(=O)c2ccc(C#N)s2)CC1. The van der Waals surface area contributed by atoms with Gasteiger partial charge in [0.05, 0.1) is 6.26 Å². The maximum Gasteiger partial charge on any atom is 0.252 e. The van der Waals surface area contributed by atoms with E-state index in [9.17, 15) is 16.8 Å². The molecular weight excluding hydrogens is 322 g/mol.